The highest BCUT2D eigenvalue weighted by Crippen LogP contribution is 2.24. The standard InChI is InChI=1S/C23H24FNO3/c1-25(15-19-13-18(16-26)5-12-23(19)27-2)14-17-3-8-21(9-4-17)28-22-10-6-20(24)7-11-22/h3-13,26H,14-16H2,1-2H3. The van der Waals surface area contributed by atoms with Crippen molar-refractivity contribution < 1.29 is 19.0 Å². The summed E-state index contributed by atoms with van der Waals surface area (Å²) >= 11 is 0. The smallest absolute Gasteiger partial charge is 0.127 e. The van der Waals surface area contributed by atoms with E-state index in [0.29, 0.717) is 18.0 Å². The van der Waals surface area contributed by atoms with Gasteiger partial charge in [0.2, 0.25) is 0 Å². The highest BCUT2D eigenvalue weighted by Gasteiger charge is 2.09. The van der Waals surface area contributed by atoms with E-state index in [0.717, 1.165) is 29.0 Å². The summed E-state index contributed by atoms with van der Waals surface area (Å²) < 4.78 is 24.1. The van der Waals surface area contributed by atoms with E-state index >= 15 is 0 Å². The monoisotopic (exact) mass is 381 g/mol. The average molecular weight is 381 g/mol. The molecule has 3 rings (SSSR count). The summed E-state index contributed by atoms with van der Waals surface area (Å²) in [6.07, 6.45) is 0. The van der Waals surface area contributed by atoms with Crippen molar-refractivity contribution in [3.8, 4) is 17.2 Å². The lowest BCUT2D eigenvalue weighted by Crippen LogP contribution is -2.17. The Morgan fingerprint density at radius 3 is 2.07 bits per heavy atom. The molecule has 0 fully saturated rings. The lowest BCUT2D eigenvalue weighted by Gasteiger charge is -2.19. The number of nitrogens with zero attached hydrogens (tertiary/aromatic N) is 1. The van der Waals surface area contributed by atoms with Crippen molar-refractivity contribution >= 4 is 0 Å². The highest BCUT2D eigenvalue weighted by atomic mass is 19.1. The molecule has 4 nitrogen and oxygen atoms in total. The van der Waals surface area contributed by atoms with E-state index in [1.807, 2.05) is 49.5 Å². The minimum absolute atomic E-state index is 0.0101. The Morgan fingerprint density at radius 2 is 1.46 bits per heavy atom. The van der Waals surface area contributed by atoms with Crippen molar-refractivity contribution in [2.75, 3.05) is 14.2 Å². The van der Waals surface area contributed by atoms with Gasteiger partial charge in [-0.05, 0) is 66.7 Å². The molecular formula is C23H24FNO3. The SMILES string of the molecule is COc1ccc(CO)cc1CN(C)Cc1ccc(Oc2ccc(F)cc2)cc1. The van der Waals surface area contributed by atoms with Gasteiger partial charge in [0.05, 0.1) is 13.7 Å². The molecular weight excluding hydrogens is 357 g/mol. The van der Waals surface area contributed by atoms with Crippen LogP contribution in [-0.4, -0.2) is 24.2 Å². The van der Waals surface area contributed by atoms with Gasteiger partial charge in [-0.15, -0.1) is 0 Å². The van der Waals surface area contributed by atoms with E-state index in [4.69, 9.17) is 9.47 Å². The number of hydrogen-bond donors (Lipinski definition) is 1. The molecule has 28 heavy (non-hydrogen) atoms. The fourth-order valence-electron chi connectivity index (χ4n) is 3.01. The number of methoxy groups -OCH3 is 1. The zero-order valence-corrected chi connectivity index (χ0v) is 16.1. The first-order chi connectivity index (χ1) is 13.6. The van der Waals surface area contributed by atoms with Crippen LogP contribution in [0.4, 0.5) is 4.39 Å². The number of benzene rings is 3. The highest BCUT2D eigenvalue weighted by molar-refractivity contribution is 5.37. The van der Waals surface area contributed by atoms with E-state index in [-0.39, 0.29) is 12.4 Å². The van der Waals surface area contributed by atoms with Gasteiger partial charge in [-0.1, -0.05) is 18.2 Å². The minimum Gasteiger partial charge on any atom is -0.496 e. The first kappa shape index (κ1) is 19.9. The number of rotatable bonds is 8. The van der Waals surface area contributed by atoms with E-state index in [2.05, 4.69) is 4.90 Å². The second-order valence-electron chi connectivity index (χ2n) is 6.68. The second-order valence-corrected chi connectivity index (χ2v) is 6.68. The predicted molar refractivity (Wildman–Crippen MR) is 107 cm³/mol. The number of hydrogen-bond acceptors (Lipinski definition) is 4. The van der Waals surface area contributed by atoms with Crippen molar-refractivity contribution in [1.82, 2.24) is 4.90 Å². The van der Waals surface area contributed by atoms with Crippen LogP contribution >= 0.6 is 0 Å². The fraction of sp³-hybridized carbons (Fsp3) is 0.217. The van der Waals surface area contributed by atoms with Crippen molar-refractivity contribution in [2.45, 2.75) is 19.7 Å². The Kier molecular flexibility index (Phi) is 6.63. The third kappa shape index (κ3) is 5.31. The number of aliphatic hydroxyl groups is 1. The normalized spacial score (nSPS) is 10.9. The van der Waals surface area contributed by atoms with Crippen LogP contribution in [0, 0.1) is 5.82 Å². The molecule has 0 radical (unpaired) electrons. The summed E-state index contributed by atoms with van der Waals surface area (Å²) in [6, 6.07) is 19.5. The maximum Gasteiger partial charge on any atom is 0.127 e. The Bertz CT molecular complexity index is 895. The molecule has 3 aromatic carbocycles. The molecule has 146 valence electrons. The van der Waals surface area contributed by atoms with Gasteiger partial charge in [-0.2, -0.15) is 0 Å². The topological polar surface area (TPSA) is 41.9 Å². The molecule has 0 saturated heterocycles. The maximum atomic E-state index is 13.0. The van der Waals surface area contributed by atoms with Crippen LogP contribution in [-0.2, 0) is 19.7 Å². The van der Waals surface area contributed by atoms with E-state index < -0.39 is 0 Å². The average Bonchev–Trinajstić information content (AvgIpc) is 2.71. The molecule has 0 aliphatic carbocycles. The molecule has 0 spiro atoms. The summed E-state index contributed by atoms with van der Waals surface area (Å²) in [4.78, 5) is 2.18. The Hall–Kier alpha value is -2.89. The van der Waals surface area contributed by atoms with Crippen molar-refractivity contribution in [2.24, 2.45) is 0 Å². The third-order valence-electron chi connectivity index (χ3n) is 4.39. The van der Waals surface area contributed by atoms with Crippen LogP contribution in [0.2, 0.25) is 0 Å². The molecule has 0 aliphatic heterocycles. The predicted octanol–water partition coefficient (Wildman–Crippen LogP) is 4.75. The molecule has 0 saturated carbocycles. The van der Waals surface area contributed by atoms with Crippen molar-refractivity contribution in [3.05, 3.63) is 89.2 Å². The zero-order chi connectivity index (χ0) is 19.9. The van der Waals surface area contributed by atoms with E-state index in [9.17, 15) is 9.50 Å². The van der Waals surface area contributed by atoms with Crippen LogP contribution in [0.5, 0.6) is 17.2 Å². The molecule has 0 bridgehead atoms. The van der Waals surface area contributed by atoms with Gasteiger partial charge in [0, 0.05) is 18.7 Å². The molecule has 0 aliphatic rings. The zero-order valence-electron chi connectivity index (χ0n) is 16.1. The number of ether oxygens (including phenoxy) is 2. The molecule has 0 aromatic heterocycles. The van der Waals surface area contributed by atoms with Crippen LogP contribution in [0.1, 0.15) is 16.7 Å². The third-order valence-corrected chi connectivity index (χ3v) is 4.39. The van der Waals surface area contributed by atoms with Gasteiger partial charge < -0.3 is 14.6 Å². The second kappa shape index (κ2) is 9.35. The summed E-state index contributed by atoms with van der Waals surface area (Å²) in [5.74, 6) is 1.83. The summed E-state index contributed by atoms with van der Waals surface area (Å²) in [5.41, 5.74) is 3.05. The van der Waals surface area contributed by atoms with E-state index in [1.54, 1.807) is 19.2 Å². The first-order valence-corrected chi connectivity index (χ1v) is 9.05. The minimum atomic E-state index is -0.285. The van der Waals surface area contributed by atoms with Gasteiger partial charge in [0.25, 0.3) is 0 Å². The Labute approximate surface area is 164 Å². The van der Waals surface area contributed by atoms with Gasteiger partial charge in [-0.25, -0.2) is 4.39 Å². The molecule has 3 aromatic rings. The molecule has 0 amide bonds. The Balaban J connectivity index is 1.61. The summed E-state index contributed by atoms with van der Waals surface area (Å²) in [5, 5.41) is 9.36. The largest absolute Gasteiger partial charge is 0.496 e. The number of halogens is 1. The van der Waals surface area contributed by atoms with Gasteiger partial charge in [-0.3, -0.25) is 4.90 Å². The summed E-state index contributed by atoms with van der Waals surface area (Å²) in [6.45, 7) is 1.46. The van der Waals surface area contributed by atoms with Crippen molar-refractivity contribution in [3.63, 3.8) is 0 Å². The van der Waals surface area contributed by atoms with Crippen LogP contribution < -0.4 is 9.47 Å². The first-order valence-electron chi connectivity index (χ1n) is 9.05. The van der Waals surface area contributed by atoms with Gasteiger partial charge in [0.1, 0.15) is 23.1 Å². The quantitative estimate of drug-likeness (QED) is 0.611. The lowest BCUT2D eigenvalue weighted by atomic mass is 10.1. The van der Waals surface area contributed by atoms with E-state index in [1.165, 1.54) is 12.1 Å². The molecule has 0 atom stereocenters. The molecule has 5 heteroatoms. The molecule has 1 N–H and O–H groups in total. The van der Waals surface area contributed by atoms with Gasteiger partial charge in [0.15, 0.2) is 0 Å². The molecule has 0 unspecified atom stereocenters. The fourth-order valence-corrected chi connectivity index (χ4v) is 3.01. The van der Waals surface area contributed by atoms with Crippen LogP contribution in [0.15, 0.2) is 66.7 Å². The summed E-state index contributed by atoms with van der Waals surface area (Å²) in [7, 11) is 3.69. The van der Waals surface area contributed by atoms with Gasteiger partial charge >= 0.3 is 0 Å². The van der Waals surface area contributed by atoms with Crippen molar-refractivity contribution in [1.29, 1.82) is 0 Å². The Morgan fingerprint density at radius 1 is 0.857 bits per heavy atom. The number of aliphatic hydroxyl groups excluding tert-OH is 1. The van der Waals surface area contributed by atoms with Crippen LogP contribution in [0.25, 0.3) is 0 Å². The maximum absolute atomic E-state index is 13.0. The van der Waals surface area contributed by atoms with Crippen LogP contribution in [0.3, 0.4) is 0 Å². The lowest BCUT2D eigenvalue weighted by molar-refractivity contribution is 0.280. The molecule has 0 heterocycles.